The van der Waals surface area contributed by atoms with E-state index in [-0.39, 0.29) is 0 Å². The van der Waals surface area contributed by atoms with Gasteiger partial charge < -0.3 is 4.90 Å². The summed E-state index contributed by atoms with van der Waals surface area (Å²) in [6.07, 6.45) is 11.9. The second-order valence-corrected chi connectivity index (χ2v) is 4.04. The highest BCUT2D eigenvalue weighted by atomic mass is 15.2. The zero-order valence-corrected chi connectivity index (χ0v) is 8.69. The molecule has 2 aliphatic rings. The van der Waals surface area contributed by atoms with Crippen molar-refractivity contribution >= 4 is 5.69 Å². The molecule has 1 aromatic rings. The van der Waals surface area contributed by atoms with E-state index < -0.39 is 0 Å². The number of aromatic nitrogens is 1. The van der Waals surface area contributed by atoms with Crippen LogP contribution in [0.3, 0.4) is 0 Å². The lowest BCUT2D eigenvalue weighted by atomic mass is 10.0. The fourth-order valence-corrected chi connectivity index (χ4v) is 2.39. The van der Waals surface area contributed by atoms with Gasteiger partial charge >= 0.3 is 0 Å². The number of nitrogens with zero attached hydrogens (tertiary/aromatic N) is 2. The van der Waals surface area contributed by atoms with E-state index in [1.807, 2.05) is 12.4 Å². The number of allylic oxidation sites excluding steroid dienone is 2. The molecule has 0 unspecified atom stereocenters. The molecule has 2 heterocycles. The predicted octanol–water partition coefficient (Wildman–Crippen LogP) is 2.90. The minimum atomic E-state index is 1.12. The van der Waals surface area contributed by atoms with Crippen LogP contribution in [0.2, 0.25) is 0 Å². The fraction of sp³-hybridized carbons (Fsp3) is 0.308. The van der Waals surface area contributed by atoms with Crippen LogP contribution in [0.5, 0.6) is 0 Å². The van der Waals surface area contributed by atoms with Gasteiger partial charge in [-0.1, -0.05) is 6.08 Å². The fourth-order valence-electron chi connectivity index (χ4n) is 2.39. The molecule has 0 fully saturated rings. The summed E-state index contributed by atoms with van der Waals surface area (Å²) < 4.78 is 0. The summed E-state index contributed by atoms with van der Waals surface area (Å²) in [5.74, 6) is 0. The van der Waals surface area contributed by atoms with Gasteiger partial charge in [0.05, 0.1) is 0 Å². The first-order chi connectivity index (χ1) is 7.45. The molecule has 0 radical (unpaired) electrons. The van der Waals surface area contributed by atoms with Crippen molar-refractivity contribution < 1.29 is 0 Å². The maximum atomic E-state index is 4.06. The molecule has 0 amide bonds. The molecule has 3 rings (SSSR count). The van der Waals surface area contributed by atoms with Crippen molar-refractivity contribution in [2.24, 2.45) is 0 Å². The van der Waals surface area contributed by atoms with E-state index in [2.05, 4.69) is 34.2 Å². The van der Waals surface area contributed by atoms with Crippen LogP contribution in [0.15, 0.2) is 47.9 Å². The number of pyridine rings is 1. The quantitative estimate of drug-likeness (QED) is 0.689. The number of hydrogen-bond acceptors (Lipinski definition) is 2. The van der Waals surface area contributed by atoms with Gasteiger partial charge in [-0.15, -0.1) is 0 Å². The lowest BCUT2D eigenvalue weighted by Crippen LogP contribution is -2.17. The van der Waals surface area contributed by atoms with Gasteiger partial charge in [0.25, 0.3) is 0 Å². The molecule has 2 heteroatoms. The van der Waals surface area contributed by atoms with Crippen LogP contribution >= 0.6 is 0 Å². The van der Waals surface area contributed by atoms with Gasteiger partial charge in [-0.2, -0.15) is 0 Å². The lowest BCUT2D eigenvalue weighted by Gasteiger charge is -2.21. The maximum absolute atomic E-state index is 4.06. The van der Waals surface area contributed by atoms with Crippen LogP contribution in [0, 0.1) is 0 Å². The minimum Gasteiger partial charge on any atom is -0.341 e. The van der Waals surface area contributed by atoms with Gasteiger partial charge in [-0.3, -0.25) is 4.98 Å². The second kappa shape index (κ2) is 3.54. The van der Waals surface area contributed by atoms with E-state index in [0.29, 0.717) is 0 Å². The largest absolute Gasteiger partial charge is 0.341 e. The molecule has 2 nitrogen and oxygen atoms in total. The Kier molecular flexibility index (Phi) is 2.05. The van der Waals surface area contributed by atoms with Crippen LogP contribution in [-0.2, 0) is 0 Å². The van der Waals surface area contributed by atoms with E-state index >= 15 is 0 Å². The van der Waals surface area contributed by atoms with Crippen molar-refractivity contribution in [3.63, 3.8) is 0 Å². The van der Waals surface area contributed by atoms with Crippen LogP contribution in [0.1, 0.15) is 19.3 Å². The molecule has 0 atom stereocenters. The summed E-state index contributed by atoms with van der Waals surface area (Å²) in [6.45, 7) is 1.12. The predicted molar refractivity (Wildman–Crippen MR) is 61.6 cm³/mol. The highest BCUT2D eigenvalue weighted by molar-refractivity contribution is 5.58. The van der Waals surface area contributed by atoms with Gasteiger partial charge in [0, 0.05) is 30.3 Å². The highest BCUT2D eigenvalue weighted by Gasteiger charge is 2.22. The van der Waals surface area contributed by atoms with Gasteiger partial charge in [0.15, 0.2) is 0 Å². The monoisotopic (exact) mass is 198 g/mol. The van der Waals surface area contributed by atoms with Crippen molar-refractivity contribution in [1.29, 1.82) is 0 Å². The molecule has 0 saturated heterocycles. The molecule has 0 bridgehead atoms. The third-order valence-corrected chi connectivity index (χ3v) is 3.15. The molecule has 0 N–H and O–H groups in total. The van der Waals surface area contributed by atoms with Crippen LogP contribution in [-0.4, -0.2) is 11.5 Å². The Balaban J connectivity index is 1.96. The number of hydrogen-bond donors (Lipinski definition) is 0. The standard InChI is InChI=1S/C13H14N2/c1-2-4-13-11(3-1)7-10-15(13)12-5-8-14-9-6-12/h2,4-6,8-9H,1,3,7,10H2. The van der Waals surface area contributed by atoms with Crippen LogP contribution in [0.4, 0.5) is 5.69 Å². The van der Waals surface area contributed by atoms with Gasteiger partial charge in [0.1, 0.15) is 0 Å². The number of anilines is 1. The first kappa shape index (κ1) is 8.72. The van der Waals surface area contributed by atoms with E-state index in [4.69, 9.17) is 0 Å². The molecule has 1 aliphatic carbocycles. The van der Waals surface area contributed by atoms with E-state index in [0.717, 1.165) is 6.54 Å². The summed E-state index contributed by atoms with van der Waals surface area (Å²) in [5, 5.41) is 0. The lowest BCUT2D eigenvalue weighted by molar-refractivity contribution is 0.898. The summed E-state index contributed by atoms with van der Waals surface area (Å²) in [5.41, 5.74) is 4.31. The minimum absolute atomic E-state index is 1.12. The Labute approximate surface area is 89.9 Å². The summed E-state index contributed by atoms with van der Waals surface area (Å²) in [7, 11) is 0. The number of rotatable bonds is 1. The SMILES string of the molecule is C1=CC2=C(CC1)CCN2c1ccncc1. The molecule has 1 aromatic heterocycles. The first-order valence-electron chi connectivity index (χ1n) is 5.51. The van der Waals surface area contributed by atoms with Crippen LogP contribution < -0.4 is 4.90 Å². The van der Waals surface area contributed by atoms with Gasteiger partial charge in [-0.05, 0) is 43.0 Å². The molecule has 0 saturated carbocycles. The molecular formula is C13H14N2. The van der Waals surface area contributed by atoms with Gasteiger partial charge in [-0.25, -0.2) is 0 Å². The Morgan fingerprint density at radius 1 is 1.13 bits per heavy atom. The van der Waals surface area contributed by atoms with Crippen molar-refractivity contribution in [3.05, 3.63) is 47.9 Å². The third-order valence-electron chi connectivity index (χ3n) is 3.15. The Morgan fingerprint density at radius 3 is 2.87 bits per heavy atom. The molecule has 76 valence electrons. The zero-order chi connectivity index (χ0) is 10.1. The summed E-state index contributed by atoms with van der Waals surface area (Å²) >= 11 is 0. The first-order valence-corrected chi connectivity index (χ1v) is 5.51. The third kappa shape index (κ3) is 1.46. The van der Waals surface area contributed by atoms with E-state index in [1.165, 1.54) is 30.6 Å². The highest BCUT2D eigenvalue weighted by Crippen LogP contribution is 2.34. The molecule has 15 heavy (non-hydrogen) atoms. The average Bonchev–Trinajstić information content (AvgIpc) is 2.74. The molecule has 1 aliphatic heterocycles. The van der Waals surface area contributed by atoms with Gasteiger partial charge in [0.2, 0.25) is 0 Å². The molecule has 0 aromatic carbocycles. The molecule has 0 spiro atoms. The second-order valence-electron chi connectivity index (χ2n) is 4.04. The Morgan fingerprint density at radius 2 is 2.00 bits per heavy atom. The Hall–Kier alpha value is -1.57. The average molecular weight is 198 g/mol. The van der Waals surface area contributed by atoms with Crippen LogP contribution in [0.25, 0.3) is 0 Å². The van der Waals surface area contributed by atoms with Crippen molar-refractivity contribution in [2.75, 3.05) is 11.4 Å². The van der Waals surface area contributed by atoms with E-state index in [9.17, 15) is 0 Å². The van der Waals surface area contributed by atoms with E-state index in [1.54, 1.807) is 5.57 Å². The van der Waals surface area contributed by atoms with Crippen molar-refractivity contribution in [3.8, 4) is 0 Å². The summed E-state index contributed by atoms with van der Waals surface area (Å²) in [6, 6.07) is 4.16. The smallest absolute Gasteiger partial charge is 0.0441 e. The van der Waals surface area contributed by atoms with Crippen molar-refractivity contribution in [1.82, 2.24) is 4.98 Å². The summed E-state index contributed by atoms with van der Waals surface area (Å²) in [4.78, 5) is 6.46. The topological polar surface area (TPSA) is 16.1 Å². The Bertz CT molecular complexity index is 417. The van der Waals surface area contributed by atoms with Crippen molar-refractivity contribution in [2.45, 2.75) is 19.3 Å². The zero-order valence-electron chi connectivity index (χ0n) is 8.69. The maximum Gasteiger partial charge on any atom is 0.0441 e. The molecular weight excluding hydrogens is 184 g/mol. The normalized spacial score (nSPS) is 19.6.